The summed E-state index contributed by atoms with van der Waals surface area (Å²) in [5, 5.41) is 8.02. The monoisotopic (exact) mass is 453 g/mol. The molecule has 3 aliphatic heterocycles. The summed E-state index contributed by atoms with van der Waals surface area (Å²) in [6.07, 6.45) is 3.20. The third-order valence-electron chi connectivity index (χ3n) is 6.97. The maximum atomic E-state index is 13.8. The zero-order valence-corrected chi connectivity index (χ0v) is 17.7. The Kier molecular flexibility index (Phi) is 4.48. The largest absolute Gasteiger partial charge is 0.342 e. The maximum absolute atomic E-state index is 13.8. The lowest BCUT2D eigenvalue weighted by Crippen LogP contribution is -2.51. The van der Waals surface area contributed by atoms with Crippen molar-refractivity contribution < 1.29 is 23.1 Å². The zero-order chi connectivity index (χ0) is 22.7. The van der Waals surface area contributed by atoms with Gasteiger partial charge in [0.1, 0.15) is 17.9 Å². The molecule has 0 aliphatic carbocycles. The van der Waals surface area contributed by atoms with Crippen molar-refractivity contribution in [1.82, 2.24) is 24.6 Å². The molecule has 3 fully saturated rings. The van der Waals surface area contributed by atoms with Crippen LogP contribution in [0, 0.1) is 11.6 Å². The van der Waals surface area contributed by atoms with Gasteiger partial charge in [-0.1, -0.05) is 11.3 Å². The third-order valence-corrected chi connectivity index (χ3v) is 6.97. The molecule has 2 amide bonds. The fraction of sp³-hybridized carbons (Fsp3) is 0.391. The van der Waals surface area contributed by atoms with Gasteiger partial charge < -0.3 is 14.5 Å². The van der Waals surface area contributed by atoms with Crippen LogP contribution in [0.25, 0.3) is 5.52 Å². The van der Waals surface area contributed by atoms with E-state index in [4.69, 9.17) is 4.74 Å². The second-order valence-electron chi connectivity index (χ2n) is 8.84. The average Bonchev–Trinajstić information content (AvgIpc) is 3.48. The summed E-state index contributed by atoms with van der Waals surface area (Å²) in [6.45, 7) is 0.687. The lowest BCUT2D eigenvalue weighted by atomic mass is 9.89. The van der Waals surface area contributed by atoms with Crippen molar-refractivity contribution in [3.8, 4) is 0 Å². The Bertz CT molecular complexity index is 1250. The Balaban J connectivity index is 1.20. The number of piperidine rings is 1. The molecule has 0 bridgehead atoms. The number of hydrogen-bond acceptors (Lipinski definition) is 5. The van der Waals surface area contributed by atoms with Crippen LogP contribution in [-0.2, 0) is 9.53 Å². The molecule has 0 saturated carbocycles. The standard InChI is InChI=1S/C23H21F2N5O3/c24-15-11-14(12-16(25)13-15)17-4-5-19-30(17)22(32)23(33-19)6-9-28(10-7-23)21(31)20-18-3-1-2-8-29(18)27-26-20/h1-3,8,11-13,17,19H,4-7,9-10H2/t17-,19+/m0/s1. The minimum atomic E-state index is -1.01. The van der Waals surface area contributed by atoms with Gasteiger partial charge in [-0.3, -0.25) is 9.59 Å². The van der Waals surface area contributed by atoms with Crippen molar-refractivity contribution in [2.75, 3.05) is 13.1 Å². The van der Waals surface area contributed by atoms with Crippen LogP contribution in [-0.4, -0.2) is 61.4 Å². The molecular weight excluding hydrogens is 432 g/mol. The average molecular weight is 453 g/mol. The van der Waals surface area contributed by atoms with E-state index >= 15 is 0 Å². The van der Waals surface area contributed by atoms with Crippen molar-refractivity contribution in [1.29, 1.82) is 0 Å². The highest BCUT2D eigenvalue weighted by Crippen LogP contribution is 2.47. The molecule has 0 radical (unpaired) electrons. The summed E-state index contributed by atoms with van der Waals surface area (Å²) < 4.78 is 35.4. The van der Waals surface area contributed by atoms with E-state index in [0.717, 1.165) is 6.07 Å². The number of pyridine rings is 1. The number of halogens is 2. The molecule has 8 nitrogen and oxygen atoms in total. The maximum Gasteiger partial charge on any atom is 0.276 e. The highest BCUT2D eigenvalue weighted by atomic mass is 19.1. The first-order valence-corrected chi connectivity index (χ1v) is 11.0. The first-order valence-electron chi connectivity index (χ1n) is 11.0. The molecule has 0 unspecified atom stereocenters. The predicted octanol–water partition coefficient (Wildman–Crippen LogP) is 2.70. The van der Waals surface area contributed by atoms with E-state index in [1.54, 1.807) is 32.6 Å². The molecule has 2 atom stereocenters. The summed E-state index contributed by atoms with van der Waals surface area (Å²) in [4.78, 5) is 29.8. The minimum Gasteiger partial charge on any atom is -0.342 e. The van der Waals surface area contributed by atoms with Crippen LogP contribution < -0.4 is 0 Å². The molecule has 0 N–H and O–H groups in total. The van der Waals surface area contributed by atoms with Crippen molar-refractivity contribution >= 4 is 17.3 Å². The van der Waals surface area contributed by atoms with Gasteiger partial charge in [-0.25, -0.2) is 13.3 Å². The van der Waals surface area contributed by atoms with E-state index in [-0.39, 0.29) is 17.5 Å². The second kappa shape index (κ2) is 7.31. The molecule has 6 rings (SSSR count). The molecule has 5 heterocycles. The molecule has 2 aromatic heterocycles. The lowest BCUT2D eigenvalue weighted by molar-refractivity contribution is -0.142. The summed E-state index contributed by atoms with van der Waals surface area (Å²) in [7, 11) is 0. The zero-order valence-electron chi connectivity index (χ0n) is 17.7. The summed E-state index contributed by atoms with van der Waals surface area (Å²) in [5.74, 6) is -1.72. The second-order valence-corrected chi connectivity index (χ2v) is 8.84. The number of likely N-dealkylation sites (tertiary alicyclic amines) is 1. The number of ether oxygens (including phenoxy) is 1. The number of carbonyl (C=O) groups excluding carboxylic acids is 2. The van der Waals surface area contributed by atoms with Crippen LogP contribution in [0.3, 0.4) is 0 Å². The number of rotatable bonds is 2. The van der Waals surface area contributed by atoms with Crippen LogP contribution >= 0.6 is 0 Å². The fourth-order valence-electron chi connectivity index (χ4n) is 5.36. The molecule has 3 saturated heterocycles. The Morgan fingerprint density at radius 2 is 1.85 bits per heavy atom. The van der Waals surface area contributed by atoms with Crippen molar-refractivity contribution in [2.45, 2.75) is 43.6 Å². The van der Waals surface area contributed by atoms with Crippen molar-refractivity contribution in [3.05, 3.63) is 65.5 Å². The number of carbonyl (C=O) groups is 2. The van der Waals surface area contributed by atoms with E-state index in [2.05, 4.69) is 10.3 Å². The van der Waals surface area contributed by atoms with E-state index in [1.165, 1.54) is 12.1 Å². The van der Waals surface area contributed by atoms with Gasteiger partial charge in [0.15, 0.2) is 11.3 Å². The molecular formula is C23H21F2N5O3. The number of benzene rings is 1. The Morgan fingerprint density at radius 1 is 1.09 bits per heavy atom. The van der Waals surface area contributed by atoms with E-state index < -0.39 is 29.5 Å². The van der Waals surface area contributed by atoms with Crippen molar-refractivity contribution in [3.63, 3.8) is 0 Å². The van der Waals surface area contributed by atoms with E-state index in [9.17, 15) is 18.4 Å². The summed E-state index contributed by atoms with van der Waals surface area (Å²) >= 11 is 0. The highest BCUT2D eigenvalue weighted by molar-refractivity contribution is 5.99. The Labute approximate surface area is 187 Å². The molecule has 10 heteroatoms. The van der Waals surface area contributed by atoms with Crippen LogP contribution in [0.1, 0.15) is 47.8 Å². The Hall–Kier alpha value is -3.40. The topological polar surface area (TPSA) is 80.0 Å². The number of amides is 2. The van der Waals surface area contributed by atoms with Gasteiger partial charge in [-0.05, 0) is 42.7 Å². The summed E-state index contributed by atoms with van der Waals surface area (Å²) in [6, 6.07) is 8.37. The van der Waals surface area contributed by atoms with Crippen LogP contribution in [0.5, 0.6) is 0 Å². The van der Waals surface area contributed by atoms with Gasteiger partial charge in [0.2, 0.25) is 0 Å². The Morgan fingerprint density at radius 3 is 2.61 bits per heavy atom. The van der Waals surface area contributed by atoms with Gasteiger partial charge in [0.05, 0.1) is 11.6 Å². The SMILES string of the molecule is O=C(c1nnn2ccccc12)N1CCC2(CC1)O[C@@H]1CC[C@@H](c3cc(F)cc(F)c3)N1C2=O. The van der Waals surface area contributed by atoms with Crippen LogP contribution in [0.4, 0.5) is 8.78 Å². The molecule has 170 valence electrons. The molecule has 1 spiro atoms. The smallest absolute Gasteiger partial charge is 0.276 e. The fourth-order valence-corrected chi connectivity index (χ4v) is 5.36. The quantitative estimate of drug-likeness (QED) is 0.596. The number of fused-ring (bicyclic) bond motifs is 2. The molecule has 3 aromatic rings. The van der Waals surface area contributed by atoms with Crippen LogP contribution in [0.15, 0.2) is 42.6 Å². The number of nitrogens with zero attached hydrogens (tertiary/aromatic N) is 5. The predicted molar refractivity (Wildman–Crippen MR) is 111 cm³/mol. The number of aromatic nitrogens is 3. The molecule has 3 aliphatic rings. The number of hydrogen-bond donors (Lipinski definition) is 0. The molecule has 33 heavy (non-hydrogen) atoms. The van der Waals surface area contributed by atoms with Gasteiger partial charge in [-0.2, -0.15) is 0 Å². The van der Waals surface area contributed by atoms with E-state index in [1.807, 2.05) is 6.07 Å². The highest BCUT2D eigenvalue weighted by Gasteiger charge is 2.58. The van der Waals surface area contributed by atoms with E-state index in [0.29, 0.717) is 49.9 Å². The van der Waals surface area contributed by atoms with Gasteiger partial charge >= 0.3 is 0 Å². The first-order chi connectivity index (χ1) is 15.9. The van der Waals surface area contributed by atoms with Crippen molar-refractivity contribution in [2.24, 2.45) is 0 Å². The third kappa shape index (κ3) is 3.12. The van der Waals surface area contributed by atoms with Gasteiger partial charge in [0, 0.05) is 38.2 Å². The summed E-state index contributed by atoms with van der Waals surface area (Å²) in [5.41, 5.74) is 0.331. The normalized spacial score (nSPS) is 24.1. The van der Waals surface area contributed by atoms with Crippen LogP contribution in [0.2, 0.25) is 0 Å². The minimum absolute atomic E-state index is 0.166. The lowest BCUT2D eigenvalue weighted by Gasteiger charge is -2.37. The van der Waals surface area contributed by atoms with Gasteiger partial charge in [-0.15, -0.1) is 5.10 Å². The van der Waals surface area contributed by atoms with Gasteiger partial charge in [0.25, 0.3) is 11.8 Å². The molecule has 1 aromatic carbocycles. The first kappa shape index (κ1) is 20.2.